The minimum Gasteiger partial charge on any atom is -0.450 e. The summed E-state index contributed by atoms with van der Waals surface area (Å²) in [4.78, 5) is 27.7. The molecule has 7 nitrogen and oxygen atoms in total. The normalized spacial score (nSPS) is 11.5. The summed E-state index contributed by atoms with van der Waals surface area (Å²) >= 11 is 1.55. The molecule has 0 unspecified atom stereocenters. The molecule has 0 aliphatic rings. The first-order valence-corrected chi connectivity index (χ1v) is 8.39. The van der Waals surface area contributed by atoms with Gasteiger partial charge in [0.25, 0.3) is 0 Å². The van der Waals surface area contributed by atoms with Crippen LogP contribution in [0, 0.1) is 6.92 Å². The van der Waals surface area contributed by atoms with Gasteiger partial charge in [0.05, 0.1) is 23.4 Å². The molecule has 2 aromatic rings. The summed E-state index contributed by atoms with van der Waals surface area (Å²) in [6.07, 6.45) is -0.511. The van der Waals surface area contributed by atoms with Crippen LogP contribution in [-0.2, 0) is 4.74 Å². The smallest absolute Gasteiger partial charge is 0.411 e. The van der Waals surface area contributed by atoms with E-state index in [9.17, 15) is 9.59 Å². The van der Waals surface area contributed by atoms with E-state index in [0.717, 1.165) is 10.7 Å². The fourth-order valence-electron chi connectivity index (χ4n) is 1.94. The molecule has 0 aliphatic heterocycles. The van der Waals surface area contributed by atoms with Gasteiger partial charge in [0, 0.05) is 16.8 Å². The minimum absolute atomic E-state index is 0.181. The number of hydrogen-bond donors (Lipinski definition) is 3. The number of nitrogens with zero attached hydrogens (tertiary/aromatic N) is 1. The largest absolute Gasteiger partial charge is 0.450 e. The molecule has 8 heteroatoms. The Morgan fingerprint density at radius 3 is 2.38 bits per heavy atom. The van der Waals surface area contributed by atoms with Gasteiger partial charge in [-0.2, -0.15) is 0 Å². The predicted octanol–water partition coefficient (Wildman–Crippen LogP) is 3.90. The topological polar surface area (TPSA) is 92.4 Å². The van der Waals surface area contributed by atoms with Gasteiger partial charge in [-0.05, 0) is 45.0 Å². The highest BCUT2D eigenvalue weighted by molar-refractivity contribution is 7.09. The van der Waals surface area contributed by atoms with Crippen molar-refractivity contribution in [1.29, 1.82) is 0 Å². The molecule has 128 valence electrons. The molecule has 0 radical (unpaired) electrons. The zero-order chi connectivity index (χ0) is 17.5. The number of thiazole rings is 1. The lowest BCUT2D eigenvalue weighted by Crippen LogP contribution is -2.31. The second-order valence-electron chi connectivity index (χ2n) is 5.03. The fourth-order valence-corrected chi connectivity index (χ4v) is 2.64. The number of aromatic nitrogens is 1. The molecule has 24 heavy (non-hydrogen) atoms. The Morgan fingerprint density at radius 1 is 1.21 bits per heavy atom. The van der Waals surface area contributed by atoms with E-state index in [1.807, 2.05) is 19.2 Å². The Balaban J connectivity index is 1.86. The molecule has 1 aromatic heterocycles. The fraction of sp³-hybridized carbons (Fsp3) is 0.312. The van der Waals surface area contributed by atoms with E-state index in [2.05, 4.69) is 20.9 Å². The van der Waals surface area contributed by atoms with Crippen molar-refractivity contribution < 1.29 is 14.3 Å². The molecule has 3 amide bonds. The highest BCUT2D eigenvalue weighted by Crippen LogP contribution is 2.17. The number of amides is 3. The lowest BCUT2D eigenvalue weighted by molar-refractivity contribution is 0.168. The van der Waals surface area contributed by atoms with Gasteiger partial charge in [0.1, 0.15) is 0 Å². The van der Waals surface area contributed by atoms with E-state index in [1.54, 1.807) is 42.5 Å². The molecular weight excluding hydrogens is 328 g/mol. The van der Waals surface area contributed by atoms with Crippen LogP contribution in [0.4, 0.5) is 21.0 Å². The number of ether oxygens (including phenoxy) is 1. The molecule has 0 saturated carbocycles. The highest BCUT2D eigenvalue weighted by Gasteiger charge is 2.12. The van der Waals surface area contributed by atoms with E-state index in [0.29, 0.717) is 18.0 Å². The number of benzene rings is 1. The van der Waals surface area contributed by atoms with Crippen LogP contribution in [0.15, 0.2) is 29.6 Å². The maximum atomic E-state index is 12.0. The summed E-state index contributed by atoms with van der Waals surface area (Å²) in [5, 5.41) is 11.0. The van der Waals surface area contributed by atoms with Gasteiger partial charge in [-0.15, -0.1) is 11.3 Å². The molecule has 1 aromatic carbocycles. The number of hydrogen-bond acceptors (Lipinski definition) is 5. The minimum atomic E-state index is -0.511. The standard InChI is InChI=1S/C16H20N4O3S/c1-4-23-16(22)20-13-7-5-12(6-8-13)19-15(21)17-10(2)14-9-24-11(3)18-14/h5-10H,4H2,1-3H3,(H,20,22)(H2,17,19,21)/t10-/m1/s1. The van der Waals surface area contributed by atoms with Gasteiger partial charge in [-0.1, -0.05) is 0 Å². The quantitative estimate of drug-likeness (QED) is 0.764. The van der Waals surface area contributed by atoms with Crippen LogP contribution in [0.25, 0.3) is 0 Å². The van der Waals surface area contributed by atoms with Crippen LogP contribution in [0.5, 0.6) is 0 Å². The maximum Gasteiger partial charge on any atom is 0.411 e. The third kappa shape index (κ3) is 5.24. The Hall–Kier alpha value is -2.61. The van der Waals surface area contributed by atoms with E-state index in [-0.39, 0.29) is 12.1 Å². The van der Waals surface area contributed by atoms with E-state index in [1.165, 1.54) is 0 Å². The third-order valence-electron chi connectivity index (χ3n) is 3.09. The van der Waals surface area contributed by atoms with Gasteiger partial charge < -0.3 is 15.4 Å². The first-order valence-electron chi connectivity index (χ1n) is 7.51. The van der Waals surface area contributed by atoms with E-state index in [4.69, 9.17) is 4.74 Å². The summed E-state index contributed by atoms with van der Waals surface area (Å²) in [7, 11) is 0. The van der Waals surface area contributed by atoms with Crippen LogP contribution >= 0.6 is 11.3 Å². The molecule has 1 heterocycles. The lowest BCUT2D eigenvalue weighted by Gasteiger charge is -2.13. The van der Waals surface area contributed by atoms with Crippen LogP contribution in [-0.4, -0.2) is 23.7 Å². The molecule has 3 N–H and O–H groups in total. The Bertz CT molecular complexity index is 700. The number of carbonyl (C=O) groups excluding carboxylic acids is 2. The van der Waals surface area contributed by atoms with Crippen molar-refractivity contribution in [3.63, 3.8) is 0 Å². The second kappa shape index (κ2) is 8.30. The Labute approximate surface area is 144 Å². The molecular formula is C16H20N4O3S. The van der Waals surface area contributed by atoms with Crippen molar-refractivity contribution in [3.8, 4) is 0 Å². The van der Waals surface area contributed by atoms with Crippen molar-refractivity contribution in [2.24, 2.45) is 0 Å². The number of urea groups is 1. The number of anilines is 2. The summed E-state index contributed by atoms with van der Waals surface area (Å²) < 4.78 is 4.79. The van der Waals surface area contributed by atoms with Crippen molar-refractivity contribution in [1.82, 2.24) is 10.3 Å². The van der Waals surface area contributed by atoms with Gasteiger partial charge in [-0.25, -0.2) is 14.6 Å². The third-order valence-corrected chi connectivity index (χ3v) is 3.88. The van der Waals surface area contributed by atoms with Crippen molar-refractivity contribution >= 4 is 34.8 Å². The van der Waals surface area contributed by atoms with Gasteiger partial charge in [-0.3, -0.25) is 5.32 Å². The first kappa shape index (κ1) is 17.7. The van der Waals surface area contributed by atoms with Crippen LogP contribution < -0.4 is 16.0 Å². The van der Waals surface area contributed by atoms with E-state index >= 15 is 0 Å². The molecule has 0 aliphatic carbocycles. The van der Waals surface area contributed by atoms with E-state index < -0.39 is 6.09 Å². The molecule has 0 spiro atoms. The monoisotopic (exact) mass is 348 g/mol. The number of nitrogens with one attached hydrogen (secondary N) is 3. The number of aryl methyl sites for hydroxylation is 1. The van der Waals surface area contributed by atoms with Crippen molar-refractivity contribution in [3.05, 3.63) is 40.3 Å². The number of rotatable bonds is 5. The lowest BCUT2D eigenvalue weighted by atomic mass is 10.2. The molecule has 1 atom stereocenters. The maximum absolute atomic E-state index is 12.0. The summed E-state index contributed by atoms with van der Waals surface area (Å²) in [6.45, 7) is 5.84. The van der Waals surface area contributed by atoms with Crippen LogP contribution in [0.2, 0.25) is 0 Å². The highest BCUT2D eigenvalue weighted by atomic mass is 32.1. The second-order valence-corrected chi connectivity index (χ2v) is 6.10. The summed E-state index contributed by atoms with van der Waals surface area (Å²) in [5.41, 5.74) is 2.04. The van der Waals surface area contributed by atoms with Gasteiger partial charge >= 0.3 is 12.1 Å². The molecule has 2 rings (SSSR count). The zero-order valence-electron chi connectivity index (χ0n) is 13.8. The SMILES string of the molecule is CCOC(=O)Nc1ccc(NC(=O)N[C@H](C)c2csc(C)n2)cc1. The molecule has 0 saturated heterocycles. The average molecular weight is 348 g/mol. The molecule has 0 bridgehead atoms. The Morgan fingerprint density at radius 2 is 1.83 bits per heavy atom. The van der Waals surface area contributed by atoms with Crippen LogP contribution in [0.3, 0.4) is 0 Å². The predicted molar refractivity (Wildman–Crippen MR) is 94.5 cm³/mol. The van der Waals surface area contributed by atoms with Crippen molar-refractivity contribution in [2.75, 3.05) is 17.2 Å². The van der Waals surface area contributed by atoms with Crippen LogP contribution in [0.1, 0.15) is 30.6 Å². The summed E-state index contributed by atoms with van der Waals surface area (Å²) in [6, 6.07) is 6.25. The number of carbonyl (C=O) groups is 2. The molecule has 0 fully saturated rings. The van der Waals surface area contributed by atoms with Gasteiger partial charge in [0.15, 0.2) is 0 Å². The van der Waals surface area contributed by atoms with Crippen molar-refractivity contribution in [2.45, 2.75) is 26.8 Å². The van der Waals surface area contributed by atoms with Gasteiger partial charge in [0.2, 0.25) is 0 Å². The Kier molecular flexibility index (Phi) is 6.14. The average Bonchev–Trinajstić information content (AvgIpc) is 2.96. The zero-order valence-corrected chi connectivity index (χ0v) is 14.6. The summed E-state index contributed by atoms with van der Waals surface area (Å²) in [5.74, 6) is 0. The first-order chi connectivity index (χ1) is 11.5.